The average Bonchev–Trinajstić information content (AvgIpc) is 3.17. The van der Waals surface area contributed by atoms with Gasteiger partial charge in [-0.3, -0.25) is 19.7 Å². The fraction of sp³-hybridized carbons (Fsp3) is 0.850. The largest absolute Gasteiger partial charge is 0.390 e. The molecule has 0 unspecified atom stereocenters. The Bertz CT molecular complexity index is 1250. The van der Waals surface area contributed by atoms with Gasteiger partial charge in [0, 0.05) is 36.6 Å². The Morgan fingerprint density at radius 2 is 0.917 bits per heavy atom. The molecule has 2 saturated carbocycles. The summed E-state index contributed by atoms with van der Waals surface area (Å²) in [6.07, 6.45) is 5.47. The predicted molar refractivity (Wildman–Crippen MR) is 213 cm³/mol. The molecule has 2 aliphatic carbocycles. The van der Waals surface area contributed by atoms with Gasteiger partial charge in [-0.05, 0) is 63.2 Å². The first-order chi connectivity index (χ1) is 27.3. The number of hydrogen-bond acceptors (Lipinski definition) is 17. The first kappa shape index (κ1) is 67.4. The Hall–Kier alpha value is -4.34. The molecule has 6 N–H and O–H groups in total. The topological polar surface area (TPSA) is 323 Å². The fourth-order valence-corrected chi connectivity index (χ4v) is 7.61. The van der Waals surface area contributed by atoms with Gasteiger partial charge in [-0.2, -0.15) is 38.4 Å². The van der Waals surface area contributed by atoms with Gasteiger partial charge in [-0.1, -0.05) is 70.2 Å². The Labute approximate surface area is 355 Å². The molecular formula is C40H74N4O16. The van der Waals surface area contributed by atoms with Crippen LogP contribution < -0.4 is 16.4 Å². The highest BCUT2D eigenvalue weighted by Gasteiger charge is 2.57. The average molecular weight is 867 g/mol. The molecule has 0 spiro atoms. The maximum atomic E-state index is 11.7. The third kappa shape index (κ3) is 22.3. The minimum atomic E-state index is -0.962. The van der Waals surface area contributed by atoms with Crippen LogP contribution in [-0.4, -0.2) is 112 Å². The van der Waals surface area contributed by atoms with Gasteiger partial charge in [0.05, 0.1) is 30.5 Å². The summed E-state index contributed by atoms with van der Waals surface area (Å²) in [6.45, 7) is 19.0. The third-order valence-corrected chi connectivity index (χ3v) is 11.1. The molecule has 0 bridgehead atoms. The molecule has 2 amide bonds. The Morgan fingerprint density at radius 1 is 0.650 bits per heavy atom. The molecule has 8 atom stereocenters. The number of nitrogens with zero attached hydrogens (tertiary/aromatic N) is 1. The van der Waals surface area contributed by atoms with Crippen LogP contribution in [-0.2, 0) is 57.4 Å². The second kappa shape index (κ2) is 37.6. The van der Waals surface area contributed by atoms with E-state index in [1.165, 1.54) is 13.8 Å². The number of carbonyl (C=O) groups is 2. The van der Waals surface area contributed by atoms with Gasteiger partial charge >= 0.3 is 24.6 Å². The van der Waals surface area contributed by atoms with Crippen LogP contribution in [0.4, 0.5) is 0 Å². The van der Waals surface area contributed by atoms with Crippen LogP contribution in [0.25, 0.3) is 0 Å². The number of hydrogen-bond donors (Lipinski definition) is 5. The highest BCUT2D eigenvalue weighted by atomic mass is 16.6. The van der Waals surface area contributed by atoms with Crippen molar-refractivity contribution in [3.05, 3.63) is 10.1 Å². The number of ether oxygens (including phenoxy) is 2. The van der Waals surface area contributed by atoms with Crippen LogP contribution in [0.15, 0.2) is 0 Å². The van der Waals surface area contributed by atoms with Gasteiger partial charge in [0.15, 0.2) is 0 Å². The first-order valence-electron chi connectivity index (χ1n) is 19.3. The van der Waals surface area contributed by atoms with Gasteiger partial charge < -0.3 is 36.1 Å². The third-order valence-electron chi connectivity index (χ3n) is 11.1. The van der Waals surface area contributed by atoms with Crippen molar-refractivity contribution < 1.29 is 72.6 Å². The summed E-state index contributed by atoms with van der Waals surface area (Å²) in [5, 5.41) is 39.2. The van der Waals surface area contributed by atoms with Crippen molar-refractivity contribution in [3.63, 3.8) is 0 Å². The SMILES string of the molecule is C.C.CCC(CC)O[C@H]1[C@H](NC(C)=O)[C@@H](N)CC(CC)(CC)[C@@H]1O.CCC(CC)O[C@H]1[C@H](NC(C)=O)[C@@H]([N+](=O)[O-])CC(CC)(CC)[C@@H]1O.O=C=O.O=C=O.O=C=O.O=C=O. The number of nitro groups is 1. The highest BCUT2D eigenvalue weighted by molar-refractivity contribution is 5.73. The molecule has 0 aromatic rings. The van der Waals surface area contributed by atoms with E-state index in [2.05, 4.69) is 38.3 Å². The van der Waals surface area contributed by atoms with Gasteiger partial charge in [-0.25, -0.2) is 0 Å². The van der Waals surface area contributed by atoms with E-state index in [-0.39, 0.29) is 92.3 Å². The molecule has 2 rings (SSSR count). The second-order valence-electron chi connectivity index (χ2n) is 13.8. The lowest BCUT2D eigenvalue weighted by molar-refractivity contribution is -0.539. The number of aliphatic hydroxyl groups is 2. The molecule has 2 fully saturated rings. The van der Waals surface area contributed by atoms with Crippen molar-refractivity contribution in [2.24, 2.45) is 16.6 Å². The molecule has 20 nitrogen and oxygen atoms in total. The normalized spacial score (nSPS) is 23.8. The van der Waals surface area contributed by atoms with Gasteiger partial charge in [0.1, 0.15) is 18.2 Å². The van der Waals surface area contributed by atoms with E-state index in [0.717, 1.165) is 38.5 Å². The van der Waals surface area contributed by atoms with Crippen LogP contribution in [0, 0.1) is 20.9 Å². The predicted octanol–water partition coefficient (Wildman–Crippen LogP) is 3.18. The van der Waals surface area contributed by atoms with Crippen molar-refractivity contribution in [2.75, 3.05) is 0 Å². The van der Waals surface area contributed by atoms with E-state index in [9.17, 15) is 29.9 Å². The standard InChI is InChI=1S/C17H32N2O5.C17H34N2O3.4CO2.2CH4/c1-6-12(7-2)24-15-14(18-11(5)20)13(19(22)23)10-17(8-3,9-4)16(15)21;1-6-12(7-2)22-15-14(19-11(5)20)13(18)10-17(8-3,9-4)16(15)21;4*2-1-3;;/h12-16,21H,6-10H2,1-5H3,(H,18,20);12-16,21H,6-10,18H2,1-5H3,(H,19,20);;;;;2*1H4/t2*13-,14+,15-,16+;;;;;;/m00....../s1. The molecule has 0 aliphatic heterocycles. The lowest BCUT2D eigenvalue weighted by Crippen LogP contribution is -2.67. The highest BCUT2D eigenvalue weighted by Crippen LogP contribution is 2.45. The zero-order chi connectivity index (χ0) is 46.2. The maximum absolute atomic E-state index is 11.7. The summed E-state index contributed by atoms with van der Waals surface area (Å²) in [5.41, 5.74) is 5.56. The van der Waals surface area contributed by atoms with Gasteiger partial charge in [-0.15, -0.1) is 0 Å². The number of carbonyl (C=O) groups excluding carboxylic acids is 10. The minimum absolute atomic E-state index is 0. The summed E-state index contributed by atoms with van der Waals surface area (Å²) in [7, 11) is 0. The summed E-state index contributed by atoms with van der Waals surface area (Å²) in [5.74, 6) is -0.482. The molecule has 350 valence electrons. The van der Waals surface area contributed by atoms with Gasteiger partial charge in [0.2, 0.25) is 17.9 Å². The van der Waals surface area contributed by atoms with Crippen molar-refractivity contribution in [2.45, 2.75) is 209 Å². The van der Waals surface area contributed by atoms with E-state index in [4.69, 9.17) is 53.6 Å². The molecule has 60 heavy (non-hydrogen) atoms. The Kier molecular flexibility index (Phi) is 42.3. The van der Waals surface area contributed by atoms with Crippen LogP contribution in [0.1, 0.15) is 148 Å². The lowest BCUT2D eigenvalue weighted by atomic mass is 9.64. The second-order valence-corrected chi connectivity index (χ2v) is 13.8. The molecule has 0 saturated heterocycles. The van der Waals surface area contributed by atoms with Crippen LogP contribution in [0.5, 0.6) is 0 Å². The summed E-state index contributed by atoms with van der Waals surface area (Å²) in [4.78, 5) is 99.4. The number of amides is 2. The molecule has 0 heterocycles. The first-order valence-corrected chi connectivity index (χ1v) is 19.3. The minimum Gasteiger partial charge on any atom is -0.390 e. The van der Waals surface area contributed by atoms with E-state index < -0.39 is 41.9 Å². The van der Waals surface area contributed by atoms with E-state index in [1.807, 2.05) is 27.7 Å². The Balaban J connectivity index is -0.000000187. The molecule has 0 aromatic heterocycles. The summed E-state index contributed by atoms with van der Waals surface area (Å²) < 4.78 is 12.3. The van der Waals surface area contributed by atoms with Crippen molar-refractivity contribution >= 4 is 36.4 Å². The van der Waals surface area contributed by atoms with Crippen LogP contribution >= 0.6 is 0 Å². The number of rotatable bonds is 15. The van der Waals surface area contributed by atoms with Gasteiger partial charge in [0.25, 0.3) is 0 Å². The van der Waals surface area contributed by atoms with Crippen LogP contribution in [0.3, 0.4) is 0 Å². The quantitative estimate of drug-likeness (QED) is 0.117. The number of nitrogens with two attached hydrogens (primary N) is 1. The van der Waals surface area contributed by atoms with Crippen molar-refractivity contribution in [3.8, 4) is 0 Å². The summed E-state index contributed by atoms with van der Waals surface area (Å²) in [6, 6.07) is -2.32. The van der Waals surface area contributed by atoms with Crippen LogP contribution in [0.2, 0.25) is 0 Å². The molecular weight excluding hydrogens is 792 g/mol. The van der Waals surface area contributed by atoms with E-state index in [1.54, 1.807) is 0 Å². The number of aliphatic hydroxyl groups excluding tert-OH is 2. The maximum Gasteiger partial charge on any atom is 0.373 e. The van der Waals surface area contributed by atoms with E-state index in [0.29, 0.717) is 19.3 Å². The lowest BCUT2D eigenvalue weighted by Gasteiger charge is -2.51. The Morgan fingerprint density at radius 3 is 1.17 bits per heavy atom. The molecule has 0 radical (unpaired) electrons. The molecule has 20 heteroatoms. The molecule has 0 aromatic carbocycles. The van der Waals surface area contributed by atoms with E-state index >= 15 is 0 Å². The zero-order valence-electron chi connectivity index (χ0n) is 35.5. The zero-order valence-corrected chi connectivity index (χ0v) is 35.5. The number of nitrogens with one attached hydrogen (secondary N) is 2. The van der Waals surface area contributed by atoms with Crippen molar-refractivity contribution in [1.82, 2.24) is 10.6 Å². The van der Waals surface area contributed by atoms with Crippen molar-refractivity contribution in [1.29, 1.82) is 0 Å². The fourth-order valence-electron chi connectivity index (χ4n) is 7.61. The monoisotopic (exact) mass is 867 g/mol. The summed E-state index contributed by atoms with van der Waals surface area (Å²) >= 11 is 0. The molecule has 2 aliphatic rings. The smallest absolute Gasteiger partial charge is 0.373 e.